The van der Waals surface area contributed by atoms with Crippen molar-refractivity contribution in [3.05, 3.63) is 49.6 Å². The number of para-hydroxylation sites is 1. The molecule has 2 heterocycles. The number of ether oxygens (including phenoxy) is 1. The maximum absolute atomic E-state index is 6.10. The van der Waals surface area contributed by atoms with Crippen LogP contribution in [-0.4, -0.2) is 70.2 Å². The van der Waals surface area contributed by atoms with Crippen LogP contribution in [0.1, 0.15) is 0 Å². The van der Waals surface area contributed by atoms with Crippen LogP contribution in [0.25, 0.3) is 15.7 Å². The third-order valence-corrected chi connectivity index (χ3v) is 5.04. The van der Waals surface area contributed by atoms with E-state index < -0.39 is 0 Å². The average molecular weight is 427 g/mol. The van der Waals surface area contributed by atoms with Gasteiger partial charge in [-0.3, -0.25) is 0 Å². The zero-order valence-corrected chi connectivity index (χ0v) is 18.0. The lowest BCUT2D eigenvalue weighted by Crippen LogP contribution is -2.24. The van der Waals surface area contributed by atoms with Gasteiger partial charge < -0.3 is 20.3 Å². The molecule has 158 valence electrons. The highest BCUT2D eigenvalue weighted by atomic mass is 32.1. The Bertz CT molecular complexity index is 986. The third kappa shape index (κ3) is 5.02. The predicted molar refractivity (Wildman–Crippen MR) is 121 cm³/mol. The minimum absolute atomic E-state index is 0.237. The molecule has 3 rings (SSSR count). The minimum Gasteiger partial charge on any atom is -0.492 e. The van der Waals surface area contributed by atoms with Crippen LogP contribution < -0.4 is 15.4 Å². The van der Waals surface area contributed by atoms with Crippen LogP contribution in [0, 0.1) is 0 Å². The quantitative estimate of drug-likeness (QED) is 0.467. The number of hydrogen-bond acceptors (Lipinski definition) is 9. The molecule has 0 fully saturated rings. The van der Waals surface area contributed by atoms with Crippen molar-refractivity contribution in [3.8, 4) is 21.5 Å². The number of benzene rings is 1. The van der Waals surface area contributed by atoms with Gasteiger partial charge in [-0.25, -0.2) is 0 Å². The molecular formula is C20H26N8OS. The van der Waals surface area contributed by atoms with E-state index in [1.54, 1.807) is 12.2 Å². The molecule has 9 nitrogen and oxygen atoms in total. The maximum Gasteiger partial charge on any atom is 0.247 e. The van der Waals surface area contributed by atoms with Gasteiger partial charge in [0.1, 0.15) is 12.4 Å². The molecule has 0 bridgehead atoms. The number of rotatable bonds is 11. The number of likely N-dealkylation sites (N-methyl/N-ethyl adjacent to an activating group) is 1. The Kier molecular flexibility index (Phi) is 7.15. The van der Waals surface area contributed by atoms with Crippen molar-refractivity contribution in [2.75, 3.05) is 51.0 Å². The van der Waals surface area contributed by atoms with Crippen molar-refractivity contribution in [3.63, 3.8) is 0 Å². The molecule has 0 saturated heterocycles. The SMILES string of the molecule is C=CCN(CC=C)c1nc(N)n(-c2nnc(-c3ccccc3OCCN(C)C)s2)n1. The van der Waals surface area contributed by atoms with Gasteiger partial charge in [0.05, 0.1) is 5.56 Å². The lowest BCUT2D eigenvalue weighted by molar-refractivity contribution is 0.262. The molecule has 2 aromatic heterocycles. The largest absolute Gasteiger partial charge is 0.492 e. The zero-order valence-electron chi connectivity index (χ0n) is 17.2. The van der Waals surface area contributed by atoms with Gasteiger partial charge in [-0.2, -0.15) is 9.67 Å². The second kappa shape index (κ2) is 9.99. The van der Waals surface area contributed by atoms with E-state index in [1.807, 2.05) is 43.3 Å². The highest BCUT2D eigenvalue weighted by molar-refractivity contribution is 7.17. The van der Waals surface area contributed by atoms with E-state index in [2.05, 4.69) is 38.3 Å². The van der Waals surface area contributed by atoms with Gasteiger partial charge >= 0.3 is 0 Å². The van der Waals surface area contributed by atoms with Crippen LogP contribution in [0.4, 0.5) is 11.9 Å². The highest BCUT2D eigenvalue weighted by Crippen LogP contribution is 2.33. The van der Waals surface area contributed by atoms with Gasteiger partial charge in [0.2, 0.25) is 17.0 Å². The summed E-state index contributed by atoms with van der Waals surface area (Å²) in [5.41, 5.74) is 6.97. The first kappa shape index (κ1) is 21.5. The Hall–Kier alpha value is -3.24. The number of hydrogen-bond donors (Lipinski definition) is 1. The van der Waals surface area contributed by atoms with Crippen molar-refractivity contribution < 1.29 is 4.74 Å². The van der Waals surface area contributed by atoms with E-state index in [9.17, 15) is 0 Å². The smallest absolute Gasteiger partial charge is 0.247 e. The second-order valence-electron chi connectivity index (χ2n) is 6.70. The Balaban J connectivity index is 1.85. The van der Waals surface area contributed by atoms with Gasteiger partial charge in [0.15, 0.2) is 5.01 Å². The number of nitrogens with two attached hydrogens (primary N) is 1. The molecule has 2 N–H and O–H groups in total. The Labute approximate surface area is 180 Å². The molecular weight excluding hydrogens is 400 g/mol. The minimum atomic E-state index is 0.237. The molecule has 0 unspecified atom stereocenters. The zero-order chi connectivity index (χ0) is 21.5. The molecule has 0 radical (unpaired) electrons. The molecule has 10 heteroatoms. The summed E-state index contributed by atoms with van der Waals surface area (Å²) >= 11 is 1.37. The molecule has 0 spiro atoms. The van der Waals surface area contributed by atoms with Crippen molar-refractivity contribution >= 4 is 23.2 Å². The lowest BCUT2D eigenvalue weighted by Gasteiger charge is -2.16. The van der Waals surface area contributed by atoms with Crippen LogP contribution in [-0.2, 0) is 0 Å². The number of anilines is 2. The average Bonchev–Trinajstić information content (AvgIpc) is 3.34. The fourth-order valence-corrected chi connectivity index (χ4v) is 3.49. The first-order valence-electron chi connectivity index (χ1n) is 9.43. The first-order chi connectivity index (χ1) is 14.5. The maximum atomic E-state index is 6.10. The second-order valence-corrected chi connectivity index (χ2v) is 7.66. The molecule has 3 aromatic rings. The van der Waals surface area contributed by atoms with E-state index in [4.69, 9.17) is 10.5 Å². The Morgan fingerprint density at radius 1 is 1.17 bits per heavy atom. The van der Waals surface area contributed by atoms with E-state index in [-0.39, 0.29) is 5.95 Å². The number of nitrogen functional groups attached to an aromatic ring is 1. The summed E-state index contributed by atoms with van der Waals surface area (Å²) in [6.45, 7) is 10.1. The molecule has 1 aromatic carbocycles. The standard InChI is InChI=1S/C20H26N8OS/c1-5-11-27(12-6-2)19-22-18(21)28(25-19)20-24-23-17(30-20)15-9-7-8-10-16(15)29-14-13-26(3)4/h5-10H,1-2,11-14H2,3-4H3,(H2,21,22,25). The van der Waals surface area contributed by atoms with Gasteiger partial charge in [0.25, 0.3) is 0 Å². The Morgan fingerprint density at radius 3 is 2.60 bits per heavy atom. The first-order valence-corrected chi connectivity index (χ1v) is 10.2. The van der Waals surface area contributed by atoms with E-state index in [0.717, 1.165) is 22.9 Å². The van der Waals surface area contributed by atoms with Crippen molar-refractivity contribution in [1.82, 2.24) is 29.9 Å². The van der Waals surface area contributed by atoms with Crippen LogP contribution in [0.2, 0.25) is 0 Å². The topological polar surface area (TPSA) is 98.2 Å². The molecule has 0 aliphatic rings. The van der Waals surface area contributed by atoms with E-state index in [0.29, 0.717) is 30.8 Å². The predicted octanol–water partition coefficient (Wildman–Crippen LogP) is 2.49. The van der Waals surface area contributed by atoms with Gasteiger partial charge in [0, 0.05) is 19.6 Å². The van der Waals surface area contributed by atoms with Gasteiger partial charge in [-0.1, -0.05) is 35.6 Å². The Morgan fingerprint density at radius 2 is 1.90 bits per heavy atom. The molecule has 0 aliphatic carbocycles. The van der Waals surface area contributed by atoms with Gasteiger partial charge in [-0.15, -0.1) is 28.5 Å². The summed E-state index contributed by atoms with van der Waals surface area (Å²) in [6, 6.07) is 7.77. The fourth-order valence-electron chi connectivity index (χ4n) is 2.65. The number of nitrogens with zero attached hydrogens (tertiary/aromatic N) is 7. The summed E-state index contributed by atoms with van der Waals surface area (Å²) in [5.74, 6) is 1.48. The monoisotopic (exact) mass is 426 g/mol. The van der Waals surface area contributed by atoms with E-state index in [1.165, 1.54) is 16.0 Å². The van der Waals surface area contributed by atoms with Crippen molar-refractivity contribution in [2.24, 2.45) is 0 Å². The molecule has 0 saturated carbocycles. The van der Waals surface area contributed by atoms with E-state index >= 15 is 0 Å². The molecule has 30 heavy (non-hydrogen) atoms. The lowest BCUT2D eigenvalue weighted by atomic mass is 10.2. The van der Waals surface area contributed by atoms with Crippen molar-refractivity contribution in [2.45, 2.75) is 0 Å². The summed E-state index contributed by atoms with van der Waals surface area (Å²) in [6.07, 6.45) is 3.55. The summed E-state index contributed by atoms with van der Waals surface area (Å²) in [5, 5.41) is 14.3. The normalized spacial score (nSPS) is 10.9. The van der Waals surface area contributed by atoms with Crippen LogP contribution in [0.15, 0.2) is 49.6 Å². The summed E-state index contributed by atoms with van der Waals surface area (Å²) in [4.78, 5) is 8.32. The van der Waals surface area contributed by atoms with Gasteiger partial charge in [-0.05, 0) is 26.2 Å². The van der Waals surface area contributed by atoms with Crippen LogP contribution >= 0.6 is 11.3 Å². The summed E-state index contributed by atoms with van der Waals surface area (Å²) in [7, 11) is 4.02. The fraction of sp³-hybridized carbons (Fsp3) is 0.300. The summed E-state index contributed by atoms with van der Waals surface area (Å²) < 4.78 is 7.43. The molecule has 0 atom stereocenters. The van der Waals surface area contributed by atoms with Crippen LogP contribution in [0.3, 0.4) is 0 Å². The number of aromatic nitrogens is 5. The highest BCUT2D eigenvalue weighted by Gasteiger charge is 2.18. The van der Waals surface area contributed by atoms with Crippen LogP contribution in [0.5, 0.6) is 5.75 Å². The van der Waals surface area contributed by atoms with Crippen molar-refractivity contribution in [1.29, 1.82) is 0 Å². The molecule has 0 aliphatic heterocycles. The molecule has 0 amide bonds. The third-order valence-electron chi connectivity index (χ3n) is 4.11.